The number of nitrogens with zero attached hydrogens (tertiary/aromatic N) is 6. The second-order valence-corrected chi connectivity index (χ2v) is 15.4. The van der Waals surface area contributed by atoms with E-state index in [2.05, 4.69) is 0 Å². The average Bonchev–Trinajstić information content (AvgIpc) is 4.13. The first kappa shape index (κ1) is 41.2. The van der Waals surface area contributed by atoms with Gasteiger partial charge in [-0.3, -0.25) is 57.5 Å². The van der Waals surface area contributed by atoms with Crippen LogP contribution in [0.1, 0.15) is 11.1 Å². The molecule has 0 N–H and O–H groups in total. The van der Waals surface area contributed by atoms with E-state index >= 15 is 0 Å². The van der Waals surface area contributed by atoms with Crippen LogP contribution in [0.3, 0.4) is 0 Å². The largest absolute Gasteiger partial charge is 0.269 e. The summed E-state index contributed by atoms with van der Waals surface area (Å²) in [7, 11) is 0. The molecular formula is C49H26N6O12. The van der Waals surface area contributed by atoms with Crippen LogP contribution in [0.25, 0.3) is 0 Å². The number of carbonyl (C=O) groups excluding carboxylic acids is 12. The maximum absolute atomic E-state index is 13.9. The van der Waals surface area contributed by atoms with Gasteiger partial charge >= 0.3 is 0 Å². The molecule has 10 rings (SSSR count). The summed E-state index contributed by atoms with van der Waals surface area (Å²) in [5.74, 6) is -9.12. The smallest absolute Gasteiger partial charge is 0.266 e. The third-order valence-corrected chi connectivity index (χ3v) is 11.4. The van der Waals surface area contributed by atoms with Gasteiger partial charge in [0.05, 0.1) is 56.4 Å². The summed E-state index contributed by atoms with van der Waals surface area (Å²) in [6, 6.07) is 24.0. The van der Waals surface area contributed by atoms with Crippen molar-refractivity contribution in [1.82, 2.24) is 0 Å². The van der Waals surface area contributed by atoms with Gasteiger partial charge in [0, 0.05) is 48.6 Å². The molecule has 67 heavy (non-hydrogen) atoms. The molecule has 6 aliphatic rings. The molecule has 0 bridgehead atoms. The van der Waals surface area contributed by atoms with Crippen LogP contribution < -0.4 is 29.4 Å². The summed E-state index contributed by atoms with van der Waals surface area (Å²) in [4.78, 5) is 161. The van der Waals surface area contributed by atoms with Gasteiger partial charge in [0.25, 0.3) is 70.9 Å². The van der Waals surface area contributed by atoms with Crippen LogP contribution in [0.15, 0.2) is 168 Å². The molecule has 0 aliphatic carbocycles. The van der Waals surface area contributed by atoms with Gasteiger partial charge in [-0.05, 0) is 84.3 Å². The van der Waals surface area contributed by atoms with Crippen LogP contribution in [0, 0.1) is 0 Å². The minimum atomic E-state index is -0.987. The Hall–Kier alpha value is -9.84. The van der Waals surface area contributed by atoms with E-state index in [0.29, 0.717) is 21.9 Å². The molecule has 4 aromatic carbocycles. The Morgan fingerprint density at radius 2 is 0.522 bits per heavy atom. The fraction of sp³-hybridized carbons (Fsp3) is 0.0204. The van der Waals surface area contributed by atoms with Crippen LogP contribution in [0.2, 0.25) is 0 Å². The first-order chi connectivity index (χ1) is 32.2. The topological polar surface area (TPSA) is 224 Å². The summed E-state index contributed by atoms with van der Waals surface area (Å²) in [5.41, 5.74) is 0.836. The maximum atomic E-state index is 13.9. The van der Waals surface area contributed by atoms with Crippen LogP contribution >= 0.6 is 0 Å². The quantitative estimate of drug-likeness (QED) is 0.210. The van der Waals surface area contributed by atoms with Crippen molar-refractivity contribution in [2.24, 2.45) is 0 Å². The highest BCUT2D eigenvalue weighted by Crippen LogP contribution is 2.37. The van der Waals surface area contributed by atoms with Gasteiger partial charge in [-0.15, -0.1) is 0 Å². The van der Waals surface area contributed by atoms with Crippen molar-refractivity contribution in [1.29, 1.82) is 0 Å². The zero-order chi connectivity index (χ0) is 47.0. The van der Waals surface area contributed by atoms with E-state index in [9.17, 15) is 57.5 Å². The van der Waals surface area contributed by atoms with Crippen molar-refractivity contribution in [3.8, 4) is 0 Å². The van der Waals surface area contributed by atoms with Crippen molar-refractivity contribution in [2.45, 2.75) is 6.42 Å². The number of rotatable bonds is 10. The third-order valence-electron chi connectivity index (χ3n) is 11.4. The molecule has 324 valence electrons. The van der Waals surface area contributed by atoms with Gasteiger partial charge in [-0.2, -0.15) is 0 Å². The molecule has 0 fully saturated rings. The van der Waals surface area contributed by atoms with Gasteiger partial charge in [-0.25, -0.2) is 29.4 Å². The van der Waals surface area contributed by atoms with Gasteiger partial charge in [0.2, 0.25) is 0 Å². The molecule has 0 saturated heterocycles. The fourth-order valence-corrected chi connectivity index (χ4v) is 8.22. The monoisotopic (exact) mass is 890 g/mol. The second-order valence-electron chi connectivity index (χ2n) is 15.4. The summed E-state index contributed by atoms with van der Waals surface area (Å²) in [6.45, 7) is 0. The number of hydrogen-bond donors (Lipinski definition) is 0. The first-order valence-electron chi connectivity index (χ1n) is 20.1. The molecule has 18 heteroatoms. The highest BCUT2D eigenvalue weighted by Gasteiger charge is 2.44. The Morgan fingerprint density at radius 1 is 0.269 bits per heavy atom. The zero-order valence-corrected chi connectivity index (χ0v) is 34.1. The van der Waals surface area contributed by atoms with E-state index in [1.165, 1.54) is 60.7 Å². The SMILES string of the molecule is O=C1C=CC(=O)N1c1ccc(Cc2ccc(N3C(=O)C=C(C4=CC(=O)N(c5cccc(N6C(=O)C=C(C7=CC(=O)N(c8ccc(N9C(=O)C=CC9=O)cc8)C7=O)C6=O)c5)C4=O)C3=O)cc2)cc1. The molecule has 6 aliphatic heterocycles. The minimum absolute atomic E-state index is 0.0571. The van der Waals surface area contributed by atoms with E-state index in [1.54, 1.807) is 48.5 Å². The Balaban J connectivity index is 0.800. The Labute approximate surface area is 376 Å². The Morgan fingerprint density at radius 3 is 0.821 bits per heavy atom. The van der Waals surface area contributed by atoms with E-state index in [0.717, 1.165) is 67.2 Å². The molecule has 0 saturated carbocycles. The Bertz CT molecular complexity index is 3260. The molecule has 0 unspecified atom stereocenters. The summed E-state index contributed by atoms with van der Waals surface area (Å²) in [5, 5.41) is 0. The molecule has 6 heterocycles. The van der Waals surface area contributed by atoms with Crippen molar-refractivity contribution in [3.63, 3.8) is 0 Å². The number of benzene rings is 4. The lowest BCUT2D eigenvalue weighted by Crippen LogP contribution is -2.35. The van der Waals surface area contributed by atoms with Crippen molar-refractivity contribution < 1.29 is 57.5 Å². The first-order valence-corrected chi connectivity index (χ1v) is 20.1. The number of amides is 12. The Kier molecular flexibility index (Phi) is 9.50. The highest BCUT2D eigenvalue weighted by atomic mass is 16.2. The standard InChI is InChI=1S/C49H26N6O12/c56-38-16-17-39(57)50(38)28-8-4-26(5-9-28)20-27-6-10-30(11-7-27)52-42(60)22-34(46(52)64)36-24-44(62)54(48(36)66)32-2-1-3-33(21-32)55-45(63)25-37(49(55)67)35-23-43(61)53(47(35)65)31-14-12-29(13-15-31)51-40(58)18-19-41(51)59/h1-19,21-25H,20H2. The lowest BCUT2D eigenvalue weighted by Gasteiger charge is -2.20. The van der Waals surface area contributed by atoms with Crippen LogP contribution in [0.5, 0.6) is 0 Å². The van der Waals surface area contributed by atoms with Gasteiger partial charge in [0.15, 0.2) is 0 Å². The number of hydrogen-bond acceptors (Lipinski definition) is 12. The molecule has 0 radical (unpaired) electrons. The molecule has 12 amide bonds. The van der Waals surface area contributed by atoms with E-state index in [1.807, 2.05) is 0 Å². The van der Waals surface area contributed by atoms with Crippen LogP contribution in [-0.4, -0.2) is 70.9 Å². The maximum Gasteiger partial charge on any atom is 0.266 e. The van der Waals surface area contributed by atoms with E-state index in [-0.39, 0.29) is 45.2 Å². The third kappa shape index (κ3) is 6.76. The van der Waals surface area contributed by atoms with E-state index in [4.69, 9.17) is 0 Å². The van der Waals surface area contributed by atoms with Crippen molar-refractivity contribution in [2.75, 3.05) is 29.4 Å². The summed E-state index contributed by atoms with van der Waals surface area (Å²) >= 11 is 0. The van der Waals surface area contributed by atoms with E-state index < -0.39 is 76.5 Å². The van der Waals surface area contributed by atoms with Crippen LogP contribution in [0.4, 0.5) is 34.1 Å². The van der Waals surface area contributed by atoms with Gasteiger partial charge < -0.3 is 0 Å². The summed E-state index contributed by atoms with van der Waals surface area (Å²) in [6.07, 6.45) is 8.65. The molecular weight excluding hydrogens is 865 g/mol. The summed E-state index contributed by atoms with van der Waals surface area (Å²) < 4.78 is 0. The number of anilines is 6. The lowest BCUT2D eigenvalue weighted by molar-refractivity contribution is -0.122. The molecule has 4 aromatic rings. The molecule has 0 atom stereocenters. The predicted molar refractivity (Wildman–Crippen MR) is 234 cm³/mol. The zero-order valence-electron chi connectivity index (χ0n) is 34.1. The van der Waals surface area contributed by atoms with Gasteiger partial charge in [0.1, 0.15) is 0 Å². The second kappa shape index (κ2) is 15.5. The number of carbonyl (C=O) groups is 12. The van der Waals surface area contributed by atoms with Crippen molar-refractivity contribution in [3.05, 3.63) is 179 Å². The molecule has 0 spiro atoms. The number of imide groups is 6. The minimum Gasteiger partial charge on any atom is -0.269 e. The average molecular weight is 891 g/mol. The fourth-order valence-electron chi connectivity index (χ4n) is 8.22. The lowest BCUT2D eigenvalue weighted by atomic mass is 10.0. The molecule has 0 aromatic heterocycles. The highest BCUT2D eigenvalue weighted by molar-refractivity contribution is 6.42. The molecule has 18 nitrogen and oxygen atoms in total. The predicted octanol–water partition coefficient (Wildman–Crippen LogP) is 2.74. The van der Waals surface area contributed by atoms with Gasteiger partial charge in [-0.1, -0.05) is 30.3 Å². The van der Waals surface area contributed by atoms with Crippen LogP contribution in [-0.2, 0) is 64.0 Å². The normalized spacial score (nSPS) is 18.3. The van der Waals surface area contributed by atoms with Crippen molar-refractivity contribution >= 4 is 105 Å².